The Bertz CT molecular complexity index is 1500. The van der Waals surface area contributed by atoms with Crippen molar-refractivity contribution in [3.05, 3.63) is 89.0 Å². The number of amides is 2. The van der Waals surface area contributed by atoms with Crippen LogP contribution in [-0.4, -0.2) is 50.3 Å². The Morgan fingerprint density at radius 1 is 0.950 bits per heavy atom. The second-order valence-electron chi connectivity index (χ2n) is 10.7. The van der Waals surface area contributed by atoms with Crippen LogP contribution in [0.4, 0.5) is 5.69 Å². The molecule has 2 atom stereocenters. The molecule has 1 fully saturated rings. The number of rotatable bonds is 6. The van der Waals surface area contributed by atoms with Crippen LogP contribution in [0, 0.1) is 26.7 Å². The topological polar surface area (TPSA) is 96.0 Å². The summed E-state index contributed by atoms with van der Waals surface area (Å²) in [5, 5.41) is 2.91. The zero-order chi connectivity index (χ0) is 28.4. The number of nitrogens with one attached hydrogen (secondary N) is 1. The normalized spacial score (nSPS) is 19.4. The number of anilines is 1. The van der Waals surface area contributed by atoms with Crippen LogP contribution >= 0.6 is 0 Å². The van der Waals surface area contributed by atoms with Gasteiger partial charge in [0.15, 0.2) is 6.10 Å². The van der Waals surface area contributed by atoms with E-state index < -0.39 is 22.0 Å². The maximum atomic E-state index is 14.0. The smallest absolute Gasteiger partial charge is 0.263 e. The Morgan fingerprint density at radius 2 is 1.62 bits per heavy atom. The van der Waals surface area contributed by atoms with Crippen molar-refractivity contribution in [1.82, 2.24) is 9.62 Å². The highest BCUT2D eigenvalue weighted by Crippen LogP contribution is 2.36. The number of benzene rings is 3. The molecular formula is C31H35N3O5S. The second-order valence-corrected chi connectivity index (χ2v) is 12.5. The van der Waals surface area contributed by atoms with Gasteiger partial charge in [-0.15, -0.1) is 0 Å². The molecule has 3 aromatic carbocycles. The molecule has 5 rings (SSSR count). The van der Waals surface area contributed by atoms with Gasteiger partial charge in [0.2, 0.25) is 15.9 Å². The Labute approximate surface area is 236 Å². The van der Waals surface area contributed by atoms with Gasteiger partial charge in [0.1, 0.15) is 5.75 Å². The van der Waals surface area contributed by atoms with E-state index in [0.717, 1.165) is 11.1 Å². The van der Waals surface area contributed by atoms with Crippen LogP contribution in [0.1, 0.15) is 35.1 Å². The number of hydrogen-bond acceptors (Lipinski definition) is 5. The summed E-state index contributed by atoms with van der Waals surface area (Å²) in [6.07, 6.45) is 0.261. The molecule has 0 aliphatic carbocycles. The molecule has 0 bridgehead atoms. The summed E-state index contributed by atoms with van der Waals surface area (Å²) in [6, 6.07) is 20.5. The summed E-state index contributed by atoms with van der Waals surface area (Å²) in [5.74, 6) is -0.592. The van der Waals surface area contributed by atoms with Crippen molar-refractivity contribution in [3.63, 3.8) is 0 Å². The number of carbonyl (C=O) groups excluding carboxylic acids is 2. The van der Waals surface area contributed by atoms with Crippen LogP contribution in [0.5, 0.6) is 5.75 Å². The van der Waals surface area contributed by atoms with E-state index in [2.05, 4.69) is 5.32 Å². The monoisotopic (exact) mass is 561 g/mol. The highest BCUT2D eigenvalue weighted by Gasteiger charge is 2.40. The molecule has 0 aromatic heterocycles. The van der Waals surface area contributed by atoms with Gasteiger partial charge in [-0.2, -0.15) is 4.31 Å². The van der Waals surface area contributed by atoms with Crippen LogP contribution in [0.25, 0.3) is 0 Å². The van der Waals surface area contributed by atoms with Crippen LogP contribution < -0.4 is 15.0 Å². The Hall–Kier alpha value is -3.69. The van der Waals surface area contributed by atoms with E-state index in [1.807, 2.05) is 69.3 Å². The van der Waals surface area contributed by atoms with Gasteiger partial charge in [-0.1, -0.05) is 60.2 Å². The third kappa shape index (κ3) is 5.62. The predicted molar refractivity (Wildman–Crippen MR) is 154 cm³/mol. The number of carbonyl (C=O) groups is 2. The number of sulfonamides is 1. The number of nitrogens with zero attached hydrogens (tertiary/aromatic N) is 2. The molecule has 0 radical (unpaired) electrons. The van der Waals surface area contributed by atoms with Gasteiger partial charge in [0.25, 0.3) is 5.91 Å². The van der Waals surface area contributed by atoms with E-state index >= 15 is 0 Å². The Kier molecular flexibility index (Phi) is 7.96. The summed E-state index contributed by atoms with van der Waals surface area (Å²) in [4.78, 5) is 29.0. The SMILES string of the molecule is Cc1cc(C)c(S(=O)(=O)N2CCC[C@H](C(=O)N3C[C@@H](C(=O)NCc4ccccc4)Oc4ccccc43)C2)c(C)c1. The van der Waals surface area contributed by atoms with Crippen molar-refractivity contribution in [1.29, 1.82) is 0 Å². The Balaban J connectivity index is 1.35. The van der Waals surface area contributed by atoms with Gasteiger partial charge in [0, 0.05) is 19.6 Å². The van der Waals surface area contributed by atoms with Gasteiger partial charge >= 0.3 is 0 Å². The van der Waals surface area contributed by atoms with Gasteiger partial charge in [-0.25, -0.2) is 8.42 Å². The molecule has 3 aromatic rings. The lowest BCUT2D eigenvalue weighted by molar-refractivity contribution is -0.129. The largest absolute Gasteiger partial charge is 0.477 e. The number of piperidine rings is 1. The van der Waals surface area contributed by atoms with Crippen molar-refractivity contribution < 1.29 is 22.7 Å². The third-order valence-electron chi connectivity index (χ3n) is 7.58. The fraction of sp³-hybridized carbons (Fsp3) is 0.355. The molecule has 0 spiro atoms. The summed E-state index contributed by atoms with van der Waals surface area (Å²) in [7, 11) is -3.78. The fourth-order valence-electron chi connectivity index (χ4n) is 5.76. The molecule has 8 nitrogen and oxygen atoms in total. The molecule has 1 N–H and O–H groups in total. The van der Waals surface area contributed by atoms with Crippen LogP contribution in [-0.2, 0) is 26.2 Å². The summed E-state index contributed by atoms with van der Waals surface area (Å²) >= 11 is 0. The standard InChI is InChI=1S/C31H35N3O5S/c1-21-16-22(2)29(23(3)17-21)40(37,38)33-15-9-12-25(19-33)31(36)34-20-28(39-27-14-8-7-13-26(27)34)30(35)32-18-24-10-5-4-6-11-24/h4-8,10-11,13-14,16-17,25,28H,9,12,15,18-20H2,1-3H3,(H,32,35)/t25-,28-/m0/s1. The minimum atomic E-state index is -3.78. The first-order valence-electron chi connectivity index (χ1n) is 13.6. The number of para-hydroxylation sites is 2. The van der Waals surface area contributed by atoms with Gasteiger partial charge in [-0.05, 0) is 62.4 Å². The van der Waals surface area contributed by atoms with Gasteiger partial charge < -0.3 is 15.0 Å². The van der Waals surface area contributed by atoms with Crippen LogP contribution in [0.15, 0.2) is 71.6 Å². The van der Waals surface area contributed by atoms with Crippen molar-refractivity contribution in [2.24, 2.45) is 5.92 Å². The maximum Gasteiger partial charge on any atom is 0.263 e. The molecule has 40 heavy (non-hydrogen) atoms. The maximum absolute atomic E-state index is 14.0. The van der Waals surface area contributed by atoms with E-state index in [4.69, 9.17) is 4.74 Å². The molecule has 2 aliphatic rings. The molecular weight excluding hydrogens is 526 g/mol. The number of aryl methyl sites for hydroxylation is 3. The second kappa shape index (κ2) is 11.4. The highest BCUT2D eigenvalue weighted by molar-refractivity contribution is 7.89. The van der Waals surface area contributed by atoms with E-state index in [1.165, 1.54) is 4.31 Å². The highest BCUT2D eigenvalue weighted by atomic mass is 32.2. The minimum Gasteiger partial charge on any atom is -0.477 e. The van der Waals surface area contributed by atoms with E-state index in [0.29, 0.717) is 53.4 Å². The number of hydrogen-bond donors (Lipinski definition) is 1. The fourth-order valence-corrected chi connectivity index (χ4v) is 7.70. The average molecular weight is 562 g/mol. The Morgan fingerprint density at radius 3 is 2.35 bits per heavy atom. The molecule has 9 heteroatoms. The van der Waals surface area contributed by atoms with E-state index in [-0.39, 0.29) is 24.9 Å². The van der Waals surface area contributed by atoms with E-state index in [9.17, 15) is 18.0 Å². The summed E-state index contributed by atoms with van der Waals surface area (Å²) < 4.78 is 34.9. The molecule has 0 unspecified atom stereocenters. The average Bonchev–Trinajstić information content (AvgIpc) is 2.95. The first kappa shape index (κ1) is 27.9. The first-order valence-corrected chi connectivity index (χ1v) is 15.1. The molecule has 2 heterocycles. The minimum absolute atomic E-state index is 0.0515. The lowest BCUT2D eigenvalue weighted by Gasteiger charge is -2.38. The quantitative estimate of drug-likeness (QED) is 0.489. The van der Waals surface area contributed by atoms with Gasteiger partial charge in [0.05, 0.1) is 23.0 Å². The molecule has 2 aliphatic heterocycles. The third-order valence-corrected chi connectivity index (χ3v) is 9.75. The molecule has 1 saturated heterocycles. The lowest BCUT2D eigenvalue weighted by Crippen LogP contribution is -2.54. The lowest BCUT2D eigenvalue weighted by atomic mass is 9.97. The summed E-state index contributed by atoms with van der Waals surface area (Å²) in [5.41, 5.74) is 3.97. The summed E-state index contributed by atoms with van der Waals surface area (Å²) in [6.45, 7) is 6.43. The van der Waals surface area contributed by atoms with Crippen molar-refractivity contribution in [2.45, 2.75) is 51.2 Å². The van der Waals surface area contributed by atoms with Crippen molar-refractivity contribution in [3.8, 4) is 5.75 Å². The zero-order valence-electron chi connectivity index (χ0n) is 23.1. The van der Waals surface area contributed by atoms with Crippen LogP contribution in [0.2, 0.25) is 0 Å². The van der Waals surface area contributed by atoms with Crippen LogP contribution in [0.3, 0.4) is 0 Å². The number of fused-ring (bicyclic) bond motifs is 1. The first-order chi connectivity index (χ1) is 19.1. The number of ether oxygens (including phenoxy) is 1. The van der Waals surface area contributed by atoms with Crippen molar-refractivity contribution >= 4 is 27.5 Å². The molecule has 2 amide bonds. The molecule has 0 saturated carbocycles. The van der Waals surface area contributed by atoms with Gasteiger partial charge in [-0.3, -0.25) is 9.59 Å². The van der Waals surface area contributed by atoms with E-state index in [1.54, 1.807) is 23.1 Å². The zero-order valence-corrected chi connectivity index (χ0v) is 23.9. The molecule has 210 valence electrons. The predicted octanol–water partition coefficient (Wildman–Crippen LogP) is 4.12. The van der Waals surface area contributed by atoms with Crippen molar-refractivity contribution in [2.75, 3.05) is 24.5 Å².